The van der Waals surface area contributed by atoms with Crippen molar-refractivity contribution in [2.75, 3.05) is 19.5 Å². The SMILES string of the molecule is COC(=O)c1ccc(CSCC(C)CO)nc1. The van der Waals surface area contributed by atoms with E-state index >= 15 is 0 Å². The van der Waals surface area contributed by atoms with E-state index in [2.05, 4.69) is 9.72 Å². The van der Waals surface area contributed by atoms with Crippen LogP contribution < -0.4 is 0 Å². The van der Waals surface area contributed by atoms with Crippen LogP contribution in [-0.2, 0) is 10.5 Å². The first-order valence-electron chi connectivity index (χ1n) is 5.39. The van der Waals surface area contributed by atoms with Gasteiger partial charge in [0.25, 0.3) is 0 Å². The topological polar surface area (TPSA) is 59.4 Å². The summed E-state index contributed by atoms with van der Waals surface area (Å²) in [5.41, 5.74) is 1.39. The summed E-state index contributed by atoms with van der Waals surface area (Å²) in [7, 11) is 1.35. The molecule has 0 bridgehead atoms. The van der Waals surface area contributed by atoms with Crippen LogP contribution in [0.3, 0.4) is 0 Å². The molecule has 0 fully saturated rings. The van der Waals surface area contributed by atoms with E-state index in [9.17, 15) is 4.79 Å². The molecule has 0 aliphatic rings. The number of thioether (sulfide) groups is 1. The molecule has 0 aliphatic heterocycles. The van der Waals surface area contributed by atoms with Gasteiger partial charge in [0.05, 0.1) is 18.4 Å². The number of carbonyl (C=O) groups excluding carboxylic acids is 1. The molecule has 4 nitrogen and oxygen atoms in total. The molecule has 94 valence electrons. The molecule has 0 amide bonds. The van der Waals surface area contributed by atoms with Crippen LogP contribution in [0, 0.1) is 5.92 Å². The number of aromatic nitrogens is 1. The maximum absolute atomic E-state index is 11.2. The lowest BCUT2D eigenvalue weighted by molar-refractivity contribution is 0.0600. The molecule has 0 saturated carbocycles. The minimum atomic E-state index is -0.370. The summed E-state index contributed by atoms with van der Waals surface area (Å²) in [6, 6.07) is 3.53. The summed E-state index contributed by atoms with van der Waals surface area (Å²) >= 11 is 1.72. The Labute approximate surface area is 105 Å². The average Bonchev–Trinajstić information content (AvgIpc) is 2.38. The predicted molar refractivity (Wildman–Crippen MR) is 68.0 cm³/mol. The monoisotopic (exact) mass is 255 g/mol. The van der Waals surface area contributed by atoms with Crippen molar-refractivity contribution in [2.45, 2.75) is 12.7 Å². The van der Waals surface area contributed by atoms with Gasteiger partial charge in [0.2, 0.25) is 0 Å². The lowest BCUT2D eigenvalue weighted by Gasteiger charge is -2.06. The number of ether oxygens (including phenoxy) is 1. The normalized spacial score (nSPS) is 12.2. The summed E-state index contributed by atoms with van der Waals surface area (Å²) in [6.07, 6.45) is 1.52. The van der Waals surface area contributed by atoms with E-state index < -0.39 is 0 Å². The van der Waals surface area contributed by atoms with Gasteiger partial charge in [-0.1, -0.05) is 6.92 Å². The second kappa shape index (κ2) is 7.29. The number of aliphatic hydroxyl groups excluding tert-OH is 1. The number of esters is 1. The smallest absolute Gasteiger partial charge is 0.339 e. The highest BCUT2D eigenvalue weighted by Crippen LogP contribution is 2.14. The number of pyridine rings is 1. The molecule has 1 aromatic heterocycles. The molecule has 1 unspecified atom stereocenters. The van der Waals surface area contributed by atoms with E-state index in [1.165, 1.54) is 13.3 Å². The molecule has 17 heavy (non-hydrogen) atoms. The molecular formula is C12H17NO3S. The van der Waals surface area contributed by atoms with Crippen molar-refractivity contribution in [1.29, 1.82) is 0 Å². The highest BCUT2D eigenvalue weighted by atomic mass is 32.2. The summed E-state index contributed by atoms with van der Waals surface area (Å²) in [6.45, 7) is 2.21. The van der Waals surface area contributed by atoms with Gasteiger partial charge in [-0.05, 0) is 23.8 Å². The Bertz CT molecular complexity index is 353. The van der Waals surface area contributed by atoms with E-state index in [0.29, 0.717) is 11.5 Å². The fraction of sp³-hybridized carbons (Fsp3) is 0.500. The van der Waals surface area contributed by atoms with Gasteiger partial charge in [-0.25, -0.2) is 4.79 Å². The Morgan fingerprint density at radius 3 is 2.88 bits per heavy atom. The Morgan fingerprint density at radius 1 is 1.59 bits per heavy atom. The molecule has 5 heteroatoms. The van der Waals surface area contributed by atoms with Gasteiger partial charge in [-0.3, -0.25) is 4.98 Å². The maximum Gasteiger partial charge on any atom is 0.339 e. The van der Waals surface area contributed by atoms with Crippen molar-refractivity contribution in [1.82, 2.24) is 4.98 Å². The largest absolute Gasteiger partial charge is 0.465 e. The minimum Gasteiger partial charge on any atom is -0.465 e. The van der Waals surface area contributed by atoms with Crippen LogP contribution in [0.4, 0.5) is 0 Å². The Morgan fingerprint density at radius 2 is 2.35 bits per heavy atom. The standard InChI is InChI=1S/C12H17NO3S/c1-9(6-14)7-17-8-11-4-3-10(5-13-11)12(15)16-2/h3-5,9,14H,6-8H2,1-2H3. The minimum absolute atomic E-state index is 0.210. The zero-order chi connectivity index (χ0) is 12.7. The van der Waals surface area contributed by atoms with Gasteiger partial charge in [0.1, 0.15) is 0 Å². The Hall–Kier alpha value is -1.07. The van der Waals surface area contributed by atoms with Crippen LogP contribution in [0.5, 0.6) is 0 Å². The Kier molecular flexibility index (Phi) is 6.00. The molecular weight excluding hydrogens is 238 g/mol. The lowest BCUT2D eigenvalue weighted by atomic mass is 10.2. The van der Waals surface area contributed by atoms with Crippen molar-refractivity contribution in [3.05, 3.63) is 29.6 Å². The quantitative estimate of drug-likeness (QED) is 0.784. The second-order valence-electron chi connectivity index (χ2n) is 3.83. The maximum atomic E-state index is 11.2. The first kappa shape index (κ1) is 14.0. The van der Waals surface area contributed by atoms with Crippen LogP contribution in [0.15, 0.2) is 18.3 Å². The third-order valence-electron chi connectivity index (χ3n) is 2.21. The van der Waals surface area contributed by atoms with Gasteiger partial charge >= 0.3 is 5.97 Å². The van der Waals surface area contributed by atoms with Gasteiger partial charge in [0.15, 0.2) is 0 Å². The molecule has 1 rings (SSSR count). The number of aliphatic hydroxyl groups is 1. The van der Waals surface area contributed by atoms with E-state index in [-0.39, 0.29) is 12.6 Å². The van der Waals surface area contributed by atoms with Gasteiger partial charge < -0.3 is 9.84 Å². The fourth-order valence-corrected chi connectivity index (χ4v) is 2.17. The molecule has 0 aliphatic carbocycles. The summed E-state index contributed by atoms with van der Waals surface area (Å²) in [4.78, 5) is 15.4. The molecule has 1 aromatic rings. The number of methoxy groups -OCH3 is 1. The van der Waals surface area contributed by atoms with E-state index in [1.807, 2.05) is 13.0 Å². The van der Waals surface area contributed by atoms with E-state index in [4.69, 9.17) is 5.11 Å². The molecule has 1 N–H and O–H groups in total. The van der Waals surface area contributed by atoms with Crippen LogP contribution >= 0.6 is 11.8 Å². The Balaban J connectivity index is 2.43. The molecule has 0 aromatic carbocycles. The fourth-order valence-electron chi connectivity index (χ4n) is 1.17. The first-order valence-corrected chi connectivity index (χ1v) is 6.54. The molecule has 0 saturated heterocycles. The summed E-state index contributed by atoms with van der Waals surface area (Å²) in [5, 5.41) is 8.88. The van der Waals surface area contributed by atoms with Crippen molar-refractivity contribution in [3.63, 3.8) is 0 Å². The highest BCUT2D eigenvalue weighted by Gasteiger charge is 2.06. The summed E-state index contributed by atoms with van der Waals surface area (Å²) in [5.74, 6) is 1.61. The highest BCUT2D eigenvalue weighted by molar-refractivity contribution is 7.98. The van der Waals surface area contributed by atoms with Crippen molar-refractivity contribution in [2.24, 2.45) is 5.92 Å². The molecule has 1 heterocycles. The number of hydrogen-bond donors (Lipinski definition) is 1. The number of carbonyl (C=O) groups is 1. The van der Waals surface area contributed by atoms with Crippen LogP contribution in [0.1, 0.15) is 23.0 Å². The third kappa shape index (κ3) is 4.75. The van der Waals surface area contributed by atoms with Crippen molar-refractivity contribution < 1.29 is 14.6 Å². The van der Waals surface area contributed by atoms with E-state index in [0.717, 1.165) is 17.2 Å². The first-order chi connectivity index (χ1) is 8.17. The van der Waals surface area contributed by atoms with Crippen LogP contribution in [0.2, 0.25) is 0 Å². The van der Waals surface area contributed by atoms with Crippen molar-refractivity contribution in [3.8, 4) is 0 Å². The number of nitrogens with zero attached hydrogens (tertiary/aromatic N) is 1. The van der Waals surface area contributed by atoms with Gasteiger partial charge in [-0.2, -0.15) is 11.8 Å². The molecule has 0 spiro atoms. The molecule has 1 atom stereocenters. The number of rotatable bonds is 6. The predicted octanol–water partition coefficient (Wildman–Crippen LogP) is 1.73. The second-order valence-corrected chi connectivity index (χ2v) is 4.86. The van der Waals surface area contributed by atoms with Crippen molar-refractivity contribution >= 4 is 17.7 Å². The van der Waals surface area contributed by atoms with Crippen LogP contribution in [0.25, 0.3) is 0 Å². The van der Waals surface area contributed by atoms with Gasteiger partial charge in [0, 0.05) is 18.6 Å². The van der Waals surface area contributed by atoms with E-state index in [1.54, 1.807) is 17.8 Å². The zero-order valence-electron chi connectivity index (χ0n) is 10.0. The van der Waals surface area contributed by atoms with Crippen LogP contribution in [-0.4, -0.2) is 35.5 Å². The average molecular weight is 255 g/mol. The molecule has 0 radical (unpaired) electrons. The third-order valence-corrected chi connectivity index (χ3v) is 3.51. The summed E-state index contributed by atoms with van der Waals surface area (Å²) < 4.78 is 4.59. The lowest BCUT2D eigenvalue weighted by Crippen LogP contribution is -2.04. The van der Waals surface area contributed by atoms with Gasteiger partial charge in [-0.15, -0.1) is 0 Å². The number of hydrogen-bond acceptors (Lipinski definition) is 5. The zero-order valence-corrected chi connectivity index (χ0v) is 10.9.